The molecule has 15 heavy (non-hydrogen) atoms. The number of carbonyl (C=O) groups excluding carboxylic acids is 1. The first-order valence-corrected chi connectivity index (χ1v) is 5.16. The fourth-order valence-electron chi connectivity index (χ4n) is 1.88. The first-order chi connectivity index (χ1) is 7.18. The molecule has 1 aromatic rings. The molecule has 1 heterocycles. The SMILES string of the molecule is CC(=O)N1CC(C)OC1c1ccccc1. The van der Waals surface area contributed by atoms with Crippen LogP contribution in [0.25, 0.3) is 0 Å². The van der Waals surface area contributed by atoms with Crippen LogP contribution in [0.4, 0.5) is 0 Å². The minimum absolute atomic E-state index is 0.0632. The molecule has 1 aromatic carbocycles. The summed E-state index contributed by atoms with van der Waals surface area (Å²) in [5, 5.41) is 0. The van der Waals surface area contributed by atoms with Gasteiger partial charge in [0, 0.05) is 19.0 Å². The number of hydrogen-bond acceptors (Lipinski definition) is 2. The van der Waals surface area contributed by atoms with Gasteiger partial charge in [-0.2, -0.15) is 0 Å². The molecule has 2 atom stereocenters. The van der Waals surface area contributed by atoms with Crippen molar-refractivity contribution in [2.24, 2.45) is 0 Å². The summed E-state index contributed by atoms with van der Waals surface area (Å²) in [5.41, 5.74) is 1.04. The maximum atomic E-state index is 11.4. The number of carbonyl (C=O) groups is 1. The number of benzene rings is 1. The first-order valence-electron chi connectivity index (χ1n) is 5.16. The number of rotatable bonds is 1. The van der Waals surface area contributed by atoms with Crippen molar-refractivity contribution in [3.63, 3.8) is 0 Å². The molecule has 2 rings (SSSR count). The zero-order valence-electron chi connectivity index (χ0n) is 9.01. The van der Waals surface area contributed by atoms with E-state index < -0.39 is 0 Å². The Balaban J connectivity index is 2.24. The summed E-state index contributed by atoms with van der Waals surface area (Å²) in [6.07, 6.45) is -0.0993. The van der Waals surface area contributed by atoms with Gasteiger partial charge in [0.1, 0.15) is 0 Å². The number of amides is 1. The second-order valence-electron chi connectivity index (χ2n) is 3.88. The van der Waals surface area contributed by atoms with Crippen molar-refractivity contribution in [3.05, 3.63) is 35.9 Å². The molecule has 1 fully saturated rings. The summed E-state index contributed by atoms with van der Waals surface area (Å²) >= 11 is 0. The molecule has 1 aliphatic rings. The Morgan fingerprint density at radius 2 is 2.07 bits per heavy atom. The molecule has 80 valence electrons. The Bertz CT molecular complexity index is 350. The second kappa shape index (κ2) is 4.03. The van der Waals surface area contributed by atoms with Gasteiger partial charge in [-0.1, -0.05) is 30.3 Å². The highest BCUT2D eigenvalue weighted by molar-refractivity contribution is 5.74. The minimum atomic E-state index is -0.210. The average Bonchev–Trinajstić information content (AvgIpc) is 2.62. The zero-order chi connectivity index (χ0) is 10.8. The van der Waals surface area contributed by atoms with Crippen LogP contribution >= 0.6 is 0 Å². The van der Waals surface area contributed by atoms with Gasteiger partial charge in [0.2, 0.25) is 5.91 Å². The van der Waals surface area contributed by atoms with E-state index in [0.717, 1.165) is 5.56 Å². The van der Waals surface area contributed by atoms with Crippen molar-refractivity contribution >= 4 is 5.91 Å². The number of nitrogens with zero attached hydrogens (tertiary/aromatic N) is 1. The van der Waals surface area contributed by atoms with Gasteiger partial charge in [0.05, 0.1) is 6.10 Å². The van der Waals surface area contributed by atoms with E-state index in [1.807, 2.05) is 37.3 Å². The van der Waals surface area contributed by atoms with Gasteiger partial charge in [0.15, 0.2) is 6.23 Å². The number of hydrogen-bond donors (Lipinski definition) is 0. The van der Waals surface area contributed by atoms with Crippen LogP contribution in [0.3, 0.4) is 0 Å². The Morgan fingerprint density at radius 1 is 1.40 bits per heavy atom. The summed E-state index contributed by atoms with van der Waals surface area (Å²) in [5.74, 6) is 0.0632. The summed E-state index contributed by atoms with van der Waals surface area (Å²) in [6.45, 7) is 4.24. The van der Waals surface area contributed by atoms with E-state index in [0.29, 0.717) is 6.54 Å². The molecule has 3 heteroatoms. The van der Waals surface area contributed by atoms with Crippen molar-refractivity contribution in [3.8, 4) is 0 Å². The molecule has 2 unspecified atom stereocenters. The summed E-state index contributed by atoms with van der Waals surface area (Å²) in [6, 6.07) is 9.84. The predicted molar refractivity (Wildman–Crippen MR) is 57.1 cm³/mol. The van der Waals surface area contributed by atoms with Crippen LogP contribution < -0.4 is 0 Å². The van der Waals surface area contributed by atoms with Crippen molar-refractivity contribution in [2.45, 2.75) is 26.2 Å². The molecule has 1 saturated heterocycles. The van der Waals surface area contributed by atoms with Crippen molar-refractivity contribution in [1.29, 1.82) is 0 Å². The normalized spacial score (nSPS) is 25.6. The Hall–Kier alpha value is -1.35. The van der Waals surface area contributed by atoms with Crippen LogP contribution in [0.1, 0.15) is 25.6 Å². The minimum Gasteiger partial charge on any atom is -0.349 e. The van der Waals surface area contributed by atoms with Crippen LogP contribution in [-0.4, -0.2) is 23.5 Å². The fraction of sp³-hybridized carbons (Fsp3) is 0.417. The Morgan fingerprint density at radius 3 is 2.67 bits per heavy atom. The van der Waals surface area contributed by atoms with Crippen LogP contribution in [0.5, 0.6) is 0 Å². The largest absolute Gasteiger partial charge is 0.349 e. The standard InChI is InChI=1S/C12H15NO2/c1-9-8-13(10(2)14)12(15-9)11-6-4-3-5-7-11/h3-7,9,12H,8H2,1-2H3. The molecule has 0 bridgehead atoms. The summed E-state index contributed by atoms with van der Waals surface area (Å²) in [4.78, 5) is 13.2. The Kier molecular flexibility index (Phi) is 2.73. The Labute approximate surface area is 89.7 Å². The lowest BCUT2D eigenvalue weighted by Crippen LogP contribution is -2.29. The first kappa shape index (κ1) is 10.2. The van der Waals surface area contributed by atoms with Crippen molar-refractivity contribution < 1.29 is 9.53 Å². The molecule has 0 radical (unpaired) electrons. The van der Waals surface area contributed by atoms with Gasteiger partial charge in [-0.3, -0.25) is 4.79 Å². The molecular weight excluding hydrogens is 190 g/mol. The lowest BCUT2D eigenvalue weighted by atomic mass is 10.2. The number of ether oxygens (including phenoxy) is 1. The molecule has 1 amide bonds. The van der Waals surface area contributed by atoms with Gasteiger partial charge in [-0.15, -0.1) is 0 Å². The highest BCUT2D eigenvalue weighted by Crippen LogP contribution is 2.29. The van der Waals surface area contributed by atoms with E-state index in [1.54, 1.807) is 11.8 Å². The van der Waals surface area contributed by atoms with Gasteiger partial charge in [-0.25, -0.2) is 0 Å². The molecule has 1 aliphatic heterocycles. The molecular formula is C12H15NO2. The molecule has 3 nitrogen and oxygen atoms in total. The highest BCUT2D eigenvalue weighted by Gasteiger charge is 2.32. The highest BCUT2D eigenvalue weighted by atomic mass is 16.5. The van der Waals surface area contributed by atoms with Crippen molar-refractivity contribution in [1.82, 2.24) is 4.90 Å². The van der Waals surface area contributed by atoms with Crippen LogP contribution in [0.2, 0.25) is 0 Å². The van der Waals surface area contributed by atoms with Crippen LogP contribution in [-0.2, 0) is 9.53 Å². The molecule has 0 spiro atoms. The van der Waals surface area contributed by atoms with E-state index in [1.165, 1.54) is 0 Å². The molecule has 0 aromatic heterocycles. The van der Waals surface area contributed by atoms with Gasteiger partial charge < -0.3 is 9.64 Å². The maximum Gasteiger partial charge on any atom is 0.221 e. The fourth-order valence-corrected chi connectivity index (χ4v) is 1.88. The molecule has 0 saturated carbocycles. The molecule has 0 N–H and O–H groups in total. The van der Waals surface area contributed by atoms with E-state index in [4.69, 9.17) is 4.74 Å². The third kappa shape index (κ3) is 2.02. The zero-order valence-corrected chi connectivity index (χ0v) is 9.01. The molecule has 0 aliphatic carbocycles. The van der Waals surface area contributed by atoms with E-state index in [9.17, 15) is 4.79 Å². The third-order valence-corrected chi connectivity index (χ3v) is 2.59. The quantitative estimate of drug-likeness (QED) is 0.701. The topological polar surface area (TPSA) is 29.5 Å². The van der Waals surface area contributed by atoms with Crippen molar-refractivity contribution in [2.75, 3.05) is 6.54 Å². The van der Waals surface area contributed by atoms with Gasteiger partial charge >= 0.3 is 0 Å². The third-order valence-electron chi connectivity index (χ3n) is 2.59. The lowest BCUT2D eigenvalue weighted by Gasteiger charge is -2.21. The average molecular weight is 205 g/mol. The second-order valence-corrected chi connectivity index (χ2v) is 3.88. The maximum absolute atomic E-state index is 11.4. The predicted octanol–water partition coefficient (Wildman–Crippen LogP) is 1.95. The smallest absolute Gasteiger partial charge is 0.221 e. The van der Waals surface area contributed by atoms with Gasteiger partial charge in [0.25, 0.3) is 0 Å². The van der Waals surface area contributed by atoms with Gasteiger partial charge in [-0.05, 0) is 6.92 Å². The van der Waals surface area contributed by atoms with E-state index in [-0.39, 0.29) is 18.2 Å². The van der Waals surface area contributed by atoms with Crippen LogP contribution in [0.15, 0.2) is 30.3 Å². The van der Waals surface area contributed by atoms with E-state index in [2.05, 4.69) is 0 Å². The summed E-state index contributed by atoms with van der Waals surface area (Å²) in [7, 11) is 0. The monoisotopic (exact) mass is 205 g/mol. The van der Waals surface area contributed by atoms with Crippen LogP contribution in [0, 0.1) is 0 Å². The van der Waals surface area contributed by atoms with E-state index >= 15 is 0 Å². The lowest BCUT2D eigenvalue weighted by molar-refractivity contribution is -0.134. The summed E-state index contributed by atoms with van der Waals surface area (Å²) < 4.78 is 5.73.